The SMILES string of the molecule is NNC(Cc1ccccc1Br)Cc1cccc(F)c1F. The normalized spacial score (nSPS) is 12.4. The van der Waals surface area contributed by atoms with Crippen molar-refractivity contribution < 1.29 is 8.78 Å². The summed E-state index contributed by atoms with van der Waals surface area (Å²) in [6.07, 6.45) is 0.940. The molecule has 0 saturated carbocycles. The Morgan fingerprint density at radius 1 is 1.00 bits per heavy atom. The van der Waals surface area contributed by atoms with E-state index in [-0.39, 0.29) is 6.04 Å². The Hall–Kier alpha value is -1.30. The summed E-state index contributed by atoms with van der Waals surface area (Å²) in [5, 5.41) is 0. The van der Waals surface area contributed by atoms with Gasteiger partial charge >= 0.3 is 0 Å². The van der Waals surface area contributed by atoms with Crippen molar-refractivity contribution in [2.45, 2.75) is 18.9 Å². The smallest absolute Gasteiger partial charge is 0.162 e. The fourth-order valence-corrected chi connectivity index (χ4v) is 2.54. The van der Waals surface area contributed by atoms with Gasteiger partial charge in [0.1, 0.15) is 0 Å². The molecule has 1 atom stereocenters. The van der Waals surface area contributed by atoms with Gasteiger partial charge < -0.3 is 0 Å². The summed E-state index contributed by atoms with van der Waals surface area (Å²) < 4.78 is 27.8. The molecule has 1 unspecified atom stereocenters. The van der Waals surface area contributed by atoms with Gasteiger partial charge in [-0.05, 0) is 36.1 Å². The molecule has 2 aromatic carbocycles. The number of halogens is 3. The van der Waals surface area contributed by atoms with Crippen LogP contribution in [0.1, 0.15) is 11.1 Å². The fourth-order valence-electron chi connectivity index (χ4n) is 2.09. The summed E-state index contributed by atoms with van der Waals surface area (Å²) in [6.45, 7) is 0. The van der Waals surface area contributed by atoms with Gasteiger partial charge in [0.2, 0.25) is 0 Å². The second-order valence-electron chi connectivity index (χ2n) is 4.58. The van der Waals surface area contributed by atoms with Crippen LogP contribution in [0.2, 0.25) is 0 Å². The van der Waals surface area contributed by atoms with Crippen LogP contribution in [0.15, 0.2) is 46.9 Å². The first-order valence-electron chi connectivity index (χ1n) is 6.24. The molecule has 106 valence electrons. The van der Waals surface area contributed by atoms with E-state index in [2.05, 4.69) is 21.4 Å². The molecule has 20 heavy (non-hydrogen) atoms. The molecule has 3 N–H and O–H groups in total. The molecule has 0 saturated heterocycles. The molecule has 0 radical (unpaired) electrons. The van der Waals surface area contributed by atoms with Crippen LogP contribution in [0.3, 0.4) is 0 Å². The van der Waals surface area contributed by atoms with Crippen molar-refractivity contribution in [1.82, 2.24) is 5.43 Å². The van der Waals surface area contributed by atoms with Crippen molar-refractivity contribution in [1.29, 1.82) is 0 Å². The molecule has 2 aromatic rings. The maximum atomic E-state index is 13.7. The molecule has 2 rings (SSSR count). The summed E-state index contributed by atoms with van der Waals surface area (Å²) in [7, 11) is 0. The van der Waals surface area contributed by atoms with Crippen molar-refractivity contribution in [3.63, 3.8) is 0 Å². The van der Waals surface area contributed by atoms with Gasteiger partial charge in [-0.2, -0.15) is 0 Å². The number of hydrogen-bond acceptors (Lipinski definition) is 2. The number of benzene rings is 2. The van der Waals surface area contributed by atoms with Gasteiger partial charge in [-0.15, -0.1) is 0 Å². The van der Waals surface area contributed by atoms with Crippen LogP contribution in [0.25, 0.3) is 0 Å². The lowest BCUT2D eigenvalue weighted by atomic mass is 9.99. The third-order valence-electron chi connectivity index (χ3n) is 3.16. The maximum absolute atomic E-state index is 13.7. The Labute approximate surface area is 125 Å². The van der Waals surface area contributed by atoms with E-state index in [4.69, 9.17) is 5.84 Å². The highest BCUT2D eigenvalue weighted by Gasteiger charge is 2.15. The first-order valence-corrected chi connectivity index (χ1v) is 7.03. The molecule has 0 aromatic heterocycles. The zero-order valence-corrected chi connectivity index (χ0v) is 12.3. The minimum Gasteiger partial charge on any atom is -0.271 e. The van der Waals surface area contributed by atoms with Crippen LogP contribution in [-0.4, -0.2) is 6.04 Å². The van der Waals surface area contributed by atoms with Gasteiger partial charge in [-0.1, -0.05) is 46.3 Å². The number of hydrogen-bond donors (Lipinski definition) is 2. The summed E-state index contributed by atoms with van der Waals surface area (Å²) in [6, 6.07) is 11.8. The molecule has 0 bridgehead atoms. The van der Waals surface area contributed by atoms with Crippen LogP contribution >= 0.6 is 15.9 Å². The Morgan fingerprint density at radius 3 is 2.35 bits per heavy atom. The number of hydrazine groups is 1. The highest BCUT2D eigenvalue weighted by atomic mass is 79.9. The van der Waals surface area contributed by atoms with E-state index in [1.165, 1.54) is 6.07 Å². The van der Waals surface area contributed by atoms with Gasteiger partial charge in [0, 0.05) is 10.5 Å². The molecule has 0 fully saturated rings. The largest absolute Gasteiger partial charge is 0.271 e. The van der Waals surface area contributed by atoms with Gasteiger partial charge in [-0.3, -0.25) is 11.3 Å². The standard InChI is InChI=1S/C15H15BrF2N2/c16-13-6-2-1-4-10(13)8-12(20-19)9-11-5-3-7-14(17)15(11)18/h1-7,12,20H,8-9,19H2. The molecule has 0 amide bonds. The van der Waals surface area contributed by atoms with Crippen LogP contribution in [0.5, 0.6) is 0 Å². The Kier molecular flexibility index (Phi) is 5.23. The first kappa shape index (κ1) is 15.1. The highest BCUT2D eigenvalue weighted by Crippen LogP contribution is 2.20. The zero-order valence-electron chi connectivity index (χ0n) is 10.7. The molecule has 0 aliphatic heterocycles. The predicted molar refractivity (Wildman–Crippen MR) is 79.0 cm³/mol. The van der Waals surface area contributed by atoms with Gasteiger partial charge in [0.15, 0.2) is 11.6 Å². The monoisotopic (exact) mass is 340 g/mol. The quantitative estimate of drug-likeness (QED) is 0.647. The van der Waals surface area contributed by atoms with E-state index in [0.29, 0.717) is 18.4 Å². The van der Waals surface area contributed by atoms with Crippen LogP contribution in [-0.2, 0) is 12.8 Å². The van der Waals surface area contributed by atoms with Crippen LogP contribution in [0.4, 0.5) is 8.78 Å². The average Bonchev–Trinajstić information content (AvgIpc) is 2.45. The van der Waals surface area contributed by atoms with Crippen molar-refractivity contribution in [3.8, 4) is 0 Å². The van der Waals surface area contributed by atoms with E-state index in [9.17, 15) is 8.78 Å². The van der Waals surface area contributed by atoms with Gasteiger partial charge in [-0.25, -0.2) is 8.78 Å². The number of rotatable bonds is 5. The summed E-state index contributed by atoms with van der Waals surface area (Å²) in [5.74, 6) is 3.89. The zero-order chi connectivity index (χ0) is 14.5. The second kappa shape index (κ2) is 6.92. The third kappa shape index (κ3) is 3.62. The molecule has 0 aliphatic rings. The Morgan fingerprint density at radius 2 is 1.65 bits per heavy atom. The van der Waals surface area contributed by atoms with E-state index < -0.39 is 11.6 Å². The Balaban J connectivity index is 2.14. The highest BCUT2D eigenvalue weighted by molar-refractivity contribution is 9.10. The van der Waals surface area contributed by atoms with Crippen molar-refractivity contribution in [2.75, 3.05) is 0 Å². The molecular formula is C15H15BrF2N2. The van der Waals surface area contributed by atoms with Crippen LogP contribution in [0, 0.1) is 11.6 Å². The van der Waals surface area contributed by atoms with Crippen molar-refractivity contribution >= 4 is 15.9 Å². The molecular weight excluding hydrogens is 326 g/mol. The summed E-state index contributed by atoms with van der Waals surface area (Å²) in [5.41, 5.74) is 4.04. The minimum absolute atomic E-state index is 0.176. The summed E-state index contributed by atoms with van der Waals surface area (Å²) >= 11 is 3.46. The first-order chi connectivity index (χ1) is 9.61. The van der Waals surface area contributed by atoms with Gasteiger partial charge in [0.25, 0.3) is 0 Å². The van der Waals surface area contributed by atoms with Crippen molar-refractivity contribution in [3.05, 3.63) is 69.7 Å². The van der Waals surface area contributed by atoms with E-state index in [1.54, 1.807) is 6.07 Å². The molecule has 0 heterocycles. The fraction of sp³-hybridized carbons (Fsp3) is 0.200. The average molecular weight is 341 g/mol. The van der Waals surface area contributed by atoms with E-state index in [1.807, 2.05) is 24.3 Å². The number of nitrogens with one attached hydrogen (secondary N) is 1. The van der Waals surface area contributed by atoms with E-state index in [0.717, 1.165) is 16.1 Å². The number of nitrogens with two attached hydrogens (primary N) is 1. The second-order valence-corrected chi connectivity index (χ2v) is 5.43. The molecule has 0 spiro atoms. The lowest BCUT2D eigenvalue weighted by molar-refractivity contribution is 0.473. The molecule has 5 heteroatoms. The predicted octanol–water partition coefficient (Wildman–Crippen LogP) is 3.34. The summed E-state index contributed by atoms with van der Waals surface area (Å²) in [4.78, 5) is 0. The van der Waals surface area contributed by atoms with Gasteiger partial charge in [0.05, 0.1) is 0 Å². The lowest BCUT2D eigenvalue weighted by Crippen LogP contribution is -2.38. The van der Waals surface area contributed by atoms with E-state index >= 15 is 0 Å². The minimum atomic E-state index is -0.834. The van der Waals surface area contributed by atoms with Crippen LogP contribution < -0.4 is 11.3 Å². The maximum Gasteiger partial charge on any atom is 0.162 e. The molecule has 0 aliphatic carbocycles. The topological polar surface area (TPSA) is 38.0 Å². The lowest BCUT2D eigenvalue weighted by Gasteiger charge is -2.17. The third-order valence-corrected chi connectivity index (χ3v) is 3.93. The van der Waals surface area contributed by atoms with Crippen molar-refractivity contribution in [2.24, 2.45) is 5.84 Å². The molecule has 2 nitrogen and oxygen atoms in total. The Bertz CT molecular complexity index is 590.